The van der Waals surface area contributed by atoms with Crippen molar-refractivity contribution in [2.45, 2.75) is 37.7 Å². The molecule has 8 nitrogen and oxygen atoms in total. The van der Waals surface area contributed by atoms with E-state index in [1.165, 1.54) is 5.56 Å². The fourth-order valence-corrected chi connectivity index (χ4v) is 4.02. The molecule has 0 spiro atoms. The summed E-state index contributed by atoms with van der Waals surface area (Å²) in [5, 5.41) is 7.12. The zero-order chi connectivity index (χ0) is 23.8. The van der Waals surface area contributed by atoms with Crippen molar-refractivity contribution in [1.29, 1.82) is 0 Å². The van der Waals surface area contributed by atoms with E-state index in [-0.39, 0.29) is 6.10 Å². The van der Waals surface area contributed by atoms with Gasteiger partial charge < -0.3 is 19.3 Å². The Kier molecular flexibility index (Phi) is 8.45. The van der Waals surface area contributed by atoms with E-state index in [4.69, 9.17) is 24.1 Å². The van der Waals surface area contributed by atoms with Crippen molar-refractivity contribution in [1.82, 2.24) is 14.9 Å². The lowest BCUT2D eigenvalue weighted by Gasteiger charge is -2.39. The first-order valence-corrected chi connectivity index (χ1v) is 10.5. The summed E-state index contributed by atoms with van der Waals surface area (Å²) >= 11 is 0. The van der Waals surface area contributed by atoms with Gasteiger partial charge >= 0.3 is 18.2 Å². The summed E-state index contributed by atoms with van der Waals surface area (Å²) in [5.41, 5.74) is 1.31. The van der Waals surface area contributed by atoms with Gasteiger partial charge in [-0.1, -0.05) is 12.1 Å². The van der Waals surface area contributed by atoms with Crippen molar-refractivity contribution in [2.75, 3.05) is 26.9 Å². The molecule has 1 aromatic carbocycles. The van der Waals surface area contributed by atoms with Gasteiger partial charge in [-0.25, -0.2) is 14.8 Å². The van der Waals surface area contributed by atoms with Gasteiger partial charge in [-0.2, -0.15) is 13.2 Å². The topological polar surface area (TPSA) is 94.0 Å². The lowest BCUT2D eigenvalue weighted by molar-refractivity contribution is -0.192. The zero-order valence-electron chi connectivity index (χ0n) is 18.1. The fourth-order valence-electron chi connectivity index (χ4n) is 4.02. The van der Waals surface area contributed by atoms with Crippen LogP contribution in [-0.4, -0.2) is 71.1 Å². The number of nitrogens with zero attached hydrogens (tertiary/aromatic N) is 3. The molecule has 180 valence electrons. The van der Waals surface area contributed by atoms with E-state index < -0.39 is 12.1 Å². The van der Waals surface area contributed by atoms with Gasteiger partial charge in [0.1, 0.15) is 5.75 Å². The molecule has 0 amide bonds. The number of methoxy groups -OCH3 is 1. The number of carbonyl (C=O) groups is 1. The molecule has 1 saturated carbocycles. The molecule has 11 heteroatoms. The van der Waals surface area contributed by atoms with Crippen LogP contribution >= 0.6 is 0 Å². The number of hydrogen-bond donors (Lipinski definition) is 1. The highest BCUT2D eigenvalue weighted by Crippen LogP contribution is 2.35. The number of rotatable bonds is 6. The molecule has 33 heavy (non-hydrogen) atoms. The minimum Gasteiger partial charge on any atom is -0.497 e. The van der Waals surface area contributed by atoms with E-state index in [0.29, 0.717) is 24.6 Å². The van der Waals surface area contributed by atoms with Gasteiger partial charge in [-0.05, 0) is 36.6 Å². The Hall–Kier alpha value is -2.92. The van der Waals surface area contributed by atoms with Crippen LogP contribution in [0.3, 0.4) is 0 Å². The SMILES string of the molecule is COc1ccc(CN2CCOC3C(COc4ncccn4)CCC32)cc1.O=C(O)C(F)(F)F. The van der Waals surface area contributed by atoms with Gasteiger partial charge in [0.05, 0.1) is 26.4 Å². The first kappa shape index (κ1) is 24.7. The summed E-state index contributed by atoms with van der Waals surface area (Å²) in [6.45, 7) is 3.31. The Balaban J connectivity index is 0.000000383. The van der Waals surface area contributed by atoms with E-state index in [1.807, 2.05) is 12.1 Å². The van der Waals surface area contributed by atoms with E-state index in [1.54, 1.807) is 25.6 Å². The Morgan fingerprint density at radius 1 is 1.21 bits per heavy atom. The molecule has 1 N–H and O–H groups in total. The second-order valence-corrected chi connectivity index (χ2v) is 7.70. The highest BCUT2D eigenvalue weighted by molar-refractivity contribution is 5.73. The van der Waals surface area contributed by atoms with Crippen LogP contribution in [0.25, 0.3) is 0 Å². The lowest BCUT2D eigenvalue weighted by atomic mass is 10.0. The Morgan fingerprint density at radius 3 is 2.48 bits per heavy atom. The number of fused-ring (bicyclic) bond motifs is 1. The van der Waals surface area contributed by atoms with Gasteiger partial charge in [0.15, 0.2) is 0 Å². The average molecular weight is 469 g/mol. The number of aromatic nitrogens is 2. The van der Waals surface area contributed by atoms with Crippen molar-refractivity contribution in [2.24, 2.45) is 5.92 Å². The second kappa shape index (κ2) is 11.3. The molecule has 2 aliphatic rings. The second-order valence-electron chi connectivity index (χ2n) is 7.70. The van der Waals surface area contributed by atoms with Crippen LogP contribution in [0.15, 0.2) is 42.7 Å². The summed E-state index contributed by atoms with van der Waals surface area (Å²) in [4.78, 5) is 19.7. The van der Waals surface area contributed by atoms with Gasteiger partial charge in [-0.3, -0.25) is 4.90 Å². The number of ether oxygens (including phenoxy) is 3. The van der Waals surface area contributed by atoms with Crippen molar-refractivity contribution >= 4 is 5.97 Å². The van der Waals surface area contributed by atoms with Crippen LogP contribution < -0.4 is 9.47 Å². The Labute approximate surface area is 189 Å². The highest BCUT2D eigenvalue weighted by Gasteiger charge is 2.43. The number of morpholine rings is 1. The molecular weight excluding hydrogens is 443 g/mol. The first-order chi connectivity index (χ1) is 15.8. The number of aliphatic carboxylic acids is 1. The van der Waals surface area contributed by atoms with Crippen molar-refractivity contribution in [3.8, 4) is 11.8 Å². The predicted octanol–water partition coefficient (Wildman–Crippen LogP) is 3.18. The molecule has 4 rings (SSSR count). The van der Waals surface area contributed by atoms with Gasteiger partial charge in [0, 0.05) is 37.4 Å². The number of carboxylic acids is 1. The van der Waals surface area contributed by atoms with Gasteiger partial charge in [0.2, 0.25) is 0 Å². The molecule has 3 atom stereocenters. The van der Waals surface area contributed by atoms with Crippen LogP contribution in [0.5, 0.6) is 11.8 Å². The van der Waals surface area contributed by atoms with Crippen molar-refractivity contribution < 1.29 is 37.3 Å². The number of alkyl halides is 3. The van der Waals surface area contributed by atoms with Crippen LogP contribution in [0.1, 0.15) is 18.4 Å². The molecular formula is C22H26F3N3O5. The predicted molar refractivity (Wildman–Crippen MR) is 111 cm³/mol. The maximum atomic E-state index is 10.6. The smallest absolute Gasteiger partial charge is 0.490 e. The average Bonchev–Trinajstić information content (AvgIpc) is 3.23. The monoisotopic (exact) mass is 469 g/mol. The molecule has 2 aromatic rings. The van der Waals surface area contributed by atoms with E-state index >= 15 is 0 Å². The summed E-state index contributed by atoms with van der Waals surface area (Å²) in [5.74, 6) is -1.47. The van der Waals surface area contributed by atoms with Crippen LogP contribution in [0.2, 0.25) is 0 Å². The number of carboxylic acid groups (broad SMARTS) is 1. The summed E-state index contributed by atoms with van der Waals surface area (Å²) in [6.07, 6.45) is 0.804. The molecule has 1 saturated heterocycles. The summed E-state index contributed by atoms with van der Waals surface area (Å²) in [6, 6.07) is 11.0. The molecule has 3 unspecified atom stereocenters. The van der Waals surface area contributed by atoms with Crippen LogP contribution in [0.4, 0.5) is 13.2 Å². The molecule has 0 radical (unpaired) electrons. The molecule has 1 aliphatic carbocycles. The molecule has 0 bridgehead atoms. The normalized spacial score (nSPS) is 22.6. The minimum atomic E-state index is -5.08. The zero-order valence-corrected chi connectivity index (χ0v) is 18.1. The fraction of sp³-hybridized carbons (Fsp3) is 0.500. The Bertz CT molecular complexity index is 883. The molecule has 2 heterocycles. The highest BCUT2D eigenvalue weighted by atomic mass is 19.4. The number of hydrogen-bond acceptors (Lipinski definition) is 7. The third kappa shape index (κ3) is 7.03. The molecule has 2 fully saturated rings. The molecule has 1 aliphatic heterocycles. The standard InChI is InChI=1S/C20H25N3O3.C2HF3O2/c1-24-17-6-3-15(4-7-17)13-23-11-12-25-19-16(5-8-18(19)23)14-26-20-21-9-2-10-22-20;3-2(4,5)1(6)7/h2-4,6-7,9-10,16,18-19H,5,8,11-14H2,1H3;(H,6,7). The first-order valence-electron chi connectivity index (χ1n) is 10.5. The maximum Gasteiger partial charge on any atom is 0.490 e. The largest absolute Gasteiger partial charge is 0.497 e. The quantitative estimate of drug-likeness (QED) is 0.690. The third-order valence-corrected chi connectivity index (χ3v) is 5.59. The van der Waals surface area contributed by atoms with Gasteiger partial charge in [-0.15, -0.1) is 0 Å². The number of halogens is 3. The minimum absolute atomic E-state index is 0.228. The summed E-state index contributed by atoms with van der Waals surface area (Å²) < 4.78 is 48.9. The lowest BCUT2D eigenvalue weighted by Crippen LogP contribution is -2.50. The van der Waals surface area contributed by atoms with Crippen molar-refractivity contribution in [3.05, 3.63) is 48.3 Å². The Morgan fingerprint density at radius 2 is 1.88 bits per heavy atom. The third-order valence-electron chi connectivity index (χ3n) is 5.59. The van der Waals surface area contributed by atoms with Crippen LogP contribution in [-0.2, 0) is 16.1 Å². The maximum absolute atomic E-state index is 10.6. The van der Waals surface area contributed by atoms with Gasteiger partial charge in [0.25, 0.3) is 0 Å². The van der Waals surface area contributed by atoms with E-state index in [0.717, 1.165) is 38.3 Å². The molecule has 1 aromatic heterocycles. The number of benzene rings is 1. The van der Waals surface area contributed by atoms with E-state index in [2.05, 4.69) is 27.0 Å². The van der Waals surface area contributed by atoms with Crippen molar-refractivity contribution in [3.63, 3.8) is 0 Å². The van der Waals surface area contributed by atoms with E-state index in [9.17, 15) is 13.2 Å². The summed E-state index contributed by atoms with van der Waals surface area (Å²) in [7, 11) is 1.70. The van der Waals surface area contributed by atoms with Crippen LogP contribution in [0, 0.1) is 5.92 Å².